The molecular formula is C34H53ClN6O4. The molecule has 4 saturated heterocycles. The van der Waals surface area contributed by atoms with Crippen LogP contribution in [0.1, 0.15) is 49.7 Å². The lowest BCUT2D eigenvalue weighted by Crippen LogP contribution is -2.37. The largest absolute Gasteiger partial charge is 0.397 e. The summed E-state index contributed by atoms with van der Waals surface area (Å²) >= 11 is 0. The number of anilines is 3. The molecule has 0 saturated carbocycles. The Morgan fingerprint density at radius 1 is 0.644 bits per heavy atom. The fourth-order valence-electron chi connectivity index (χ4n) is 6.64. The maximum absolute atomic E-state index is 11.3. The SMILES string of the molecule is Cl.Nc1ccc(CCN2CCOCC2)cc1N1CCCCC1.O=[N+]([O-])c1ccc(CCN2CCOCC2)cc1N1CCCCC1. The van der Waals surface area contributed by atoms with Crippen LogP contribution in [0.15, 0.2) is 36.4 Å². The molecule has 4 aliphatic rings. The Bertz CT molecular complexity index is 1180. The van der Waals surface area contributed by atoms with Crippen molar-refractivity contribution in [3.8, 4) is 0 Å². The van der Waals surface area contributed by atoms with Crippen LogP contribution in [-0.4, -0.2) is 107 Å². The van der Waals surface area contributed by atoms with Crippen LogP contribution in [0.5, 0.6) is 0 Å². The van der Waals surface area contributed by atoms with Crippen LogP contribution < -0.4 is 15.5 Å². The van der Waals surface area contributed by atoms with Crippen molar-refractivity contribution in [2.45, 2.75) is 51.4 Å². The molecule has 0 aliphatic carbocycles. The molecule has 0 amide bonds. The quantitative estimate of drug-likeness (QED) is 0.229. The Labute approximate surface area is 275 Å². The highest BCUT2D eigenvalue weighted by Crippen LogP contribution is 2.32. The van der Waals surface area contributed by atoms with Gasteiger partial charge in [-0.2, -0.15) is 0 Å². The van der Waals surface area contributed by atoms with Gasteiger partial charge in [-0.3, -0.25) is 19.9 Å². The Morgan fingerprint density at radius 2 is 1.09 bits per heavy atom. The second kappa shape index (κ2) is 18.5. The van der Waals surface area contributed by atoms with Crippen molar-refractivity contribution < 1.29 is 14.4 Å². The predicted octanol–water partition coefficient (Wildman–Crippen LogP) is 5.02. The van der Waals surface area contributed by atoms with Crippen molar-refractivity contribution in [2.24, 2.45) is 0 Å². The summed E-state index contributed by atoms with van der Waals surface area (Å²) in [4.78, 5) is 20.6. The molecule has 10 nitrogen and oxygen atoms in total. The van der Waals surface area contributed by atoms with Crippen LogP contribution in [-0.2, 0) is 22.3 Å². The van der Waals surface area contributed by atoms with E-state index >= 15 is 0 Å². The third kappa shape index (κ3) is 10.7. The third-order valence-electron chi connectivity index (χ3n) is 9.37. The number of hydrogen-bond acceptors (Lipinski definition) is 9. The van der Waals surface area contributed by atoms with Crippen LogP contribution in [0.3, 0.4) is 0 Å². The lowest BCUT2D eigenvalue weighted by molar-refractivity contribution is -0.384. The van der Waals surface area contributed by atoms with Crippen LogP contribution in [0, 0.1) is 10.1 Å². The Morgan fingerprint density at radius 3 is 1.58 bits per heavy atom. The molecule has 0 spiro atoms. The summed E-state index contributed by atoms with van der Waals surface area (Å²) in [5, 5.41) is 11.3. The second-order valence-corrected chi connectivity index (χ2v) is 12.5. The van der Waals surface area contributed by atoms with Gasteiger partial charge in [0, 0.05) is 71.5 Å². The highest BCUT2D eigenvalue weighted by atomic mass is 35.5. The smallest absolute Gasteiger partial charge is 0.292 e. The monoisotopic (exact) mass is 644 g/mol. The summed E-state index contributed by atoms with van der Waals surface area (Å²) in [6.45, 7) is 13.7. The highest BCUT2D eigenvalue weighted by Gasteiger charge is 2.22. The molecule has 0 atom stereocenters. The first-order chi connectivity index (χ1) is 21.6. The van der Waals surface area contributed by atoms with Gasteiger partial charge in [0.05, 0.1) is 42.7 Å². The van der Waals surface area contributed by atoms with E-state index in [1.54, 1.807) is 6.07 Å². The number of piperidine rings is 2. The zero-order valence-corrected chi connectivity index (χ0v) is 27.7. The number of halogens is 1. The maximum atomic E-state index is 11.3. The van der Waals surface area contributed by atoms with Gasteiger partial charge in [0.15, 0.2) is 0 Å². The number of nitrogens with two attached hydrogens (primary N) is 1. The number of nitrogen functional groups attached to an aromatic ring is 1. The van der Waals surface area contributed by atoms with Crippen molar-refractivity contribution in [3.63, 3.8) is 0 Å². The minimum atomic E-state index is -0.254. The van der Waals surface area contributed by atoms with Gasteiger partial charge in [-0.25, -0.2) is 0 Å². The molecule has 4 heterocycles. The first-order valence-corrected chi connectivity index (χ1v) is 16.8. The minimum Gasteiger partial charge on any atom is -0.397 e. The fourth-order valence-corrected chi connectivity index (χ4v) is 6.64. The zero-order chi connectivity index (χ0) is 30.6. The molecule has 2 aromatic rings. The molecule has 250 valence electrons. The van der Waals surface area contributed by atoms with Gasteiger partial charge in [0.25, 0.3) is 5.69 Å². The molecule has 4 aliphatic heterocycles. The van der Waals surface area contributed by atoms with Crippen molar-refractivity contribution in [1.82, 2.24) is 9.80 Å². The number of nitro groups is 1. The summed E-state index contributed by atoms with van der Waals surface area (Å²) in [6, 6.07) is 12.2. The van der Waals surface area contributed by atoms with E-state index in [1.807, 2.05) is 12.1 Å². The number of nitro benzene ring substituents is 1. The summed E-state index contributed by atoms with van der Waals surface area (Å²) in [5.41, 5.74) is 12.0. The number of morpholine rings is 2. The van der Waals surface area contributed by atoms with Crippen LogP contribution in [0.4, 0.5) is 22.7 Å². The van der Waals surface area contributed by atoms with Crippen molar-refractivity contribution in [3.05, 3.63) is 57.6 Å². The highest BCUT2D eigenvalue weighted by molar-refractivity contribution is 5.85. The Kier molecular flexibility index (Phi) is 14.5. The van der Waals surface area contributed by atoms with E-state index in [2.05, 4.69) is 37.8 Å². The lowest BCUT2D eigenvalue weighted by Gasteiger charge is -2.30. The van der Waals surface area contributed by atoms with Gasteiger partial charge in [-0.15, -0.1) is 12.4 Å². The summed E-state index contributed by atoms with van der Waals surface area (Å²) in [6.07, 6.45) is 9.42. The van der Waals surface area contributed by atoms with Gasteiger partial charge in [0.2, 0.25) is 0 Å². The van der Waals surface area contributed by atoms with E-state index < -0.39 is 0 Å². The van der Waals surface area contributed by atoms with Gasteiger partial charge >= 0.3 is 0 Å². The van der Waals surface area contributed by atoms with Crippen LogP contribution in [0.25, 0.3) is 0 Å². The molecule has 45 heavy (non-hydrogen) atoms. The molecule has 4 fully saturated rings. The third-order valence-corrected chi connectivity index (χ3v) is 9.37. The van der Waals surface area contributed by atoms with E-state index in [0.29, 0.717) is 0 Å². The topological polar surface area (TPSA) is 101 Å². The standard InChI is InChI=1S/C17H25N3O3.C17H27N3O.ClH/c21-20(22)16-5-4-15(6-9-18-10-12-23-13-11-18)14-17(16)19-7-2-1-3-8-19;18-16-5-4-15(6-9-19-10-12-21-13-11-19)14-17(16)20-7-2-1-3-8-20;/h4-5,14H,1-3,6-13H2;4-5,14H,1-3,6-13,18H2;1H. The summed E-state index contributed by atoms with van der Waals surface area (Å²) in [5.74, 6) is 0. The molecular weight excluding hydrogens is 592 g/mol. The average molecular weight is 645 g/mol. The van der Waals surface area contributed by atoms with Crippen molar-refractivity contribution in [2.75, 3.05) is 107 Å². The van der Waals surface area contributed by atoms with E-state index in [9.17, 15) is 10.1 Å². The number of ether oxygens (including phenoxy) is 2. The molecule has 0 bridgehead atoms. The summed E-state index contributed by atoms with van der Waals surface area (Å²) < 4.78 is 10.8. The number of nitrogens with zero attached hydrogens (tertiary/aromatic N) is 5. The summed E-state index contributed by atoms with van der Waals surface area (Å²) in [7, 11) is 0. The normalized spacial score (nSPS) is 19.7. The molecule has 2 N–H and O–H groups in total. The van der Waals surface area contributed by atoms with Gasteiger partial charge in [-0.1, -0.05) is 12.1 Å². The Balaban J connectivity index is 0.000000201. The fraction of sp³-hybridized carbons (Fsp3) is 0.647. The number of hydrogen-bond donors (Lipinski definition) is 1. The molecule has 6 rings (SSSR count). The van der Waals surface area contributed by atoms with Crippen LogP contribution >= 0.6 is 12.4 Å². The van der Waals surface area contributed by atoms with Crippen LogP contribution in [0.2, 0.25) is 0 Å². The lowest BCUT2D eigenvalue weighted by atomic mass is 10.1. The number of rotatable bonds is 9. The predicted molar refractivity (Wildman–Crippen MR) is 185 cm³/mol. The van der Waals surface area contributed by atoms with E-state index in [-0.39, 0.29) is 23.0 Å². The molecule has 2 aromatic carbocycles. The van der Waals surface area contributed by atoms with Crippen molar-refractivity contribution >= 4 is 35.2 Å². The molecule has 0 unspecified atom stereocenters. The molecule has 11 heteroatoms. The molecule has 0 radical (unpaired) electrons. The second-order valence-electron chi connectivity index (χ2n) is 12.5. The van der Waals surface area contributed by atoms with E-state index in [0.717, 1.165) is 129 Å². The average Bonchev–Trinajstić information content (AvgIpc) is 3.09. The first-order valence-electron chi connectivity index (χ1n) is 16.8. The minimum absolute atomic E-state index is 0. The van der Waals surface area contributed by atoms with Gasteiger partial charge in [-0.05, 0) is 80.7 Å². The maximum Gasteiger partial charge on any atom is 0.292 e. The first kappa shape index (κ1) is 35.2. The van der Waals surface area contributed by atoms with Crippen molar-refractivity contribution in [1.29, 1.82) is 0 Å². The zero-order valence-electron chi connectivity index (χ0n) is 26.9. The van der Waals surface area contributed by atoms with E-state index in [4.69, 9.17) is 15.2 Å². The molecule has 0 aromatic heterocycles. The Hall–Kier alpha value is -2.63. The number of benzene rings is 2. The van der Waals surface area contributed by atoms with E-state index in [1.165, 1.54) is 42.5 Å². The van der Waals surface area contributed by atoms with Gasteiger partial charge < -0.3 is 25.0 Å². The van der Waals surface area contributed by atoms with Gasteiger partial charge in [0.1, 0.15) is 5.69 Å².